The van der Waals surface area contributed by atoms with Crippen molar-refractivity contribution in [2.45, 2.75) is 18.2 Å². The monoisotopic (exact) mass is 424 g/mol. The van der Waals surface area contributed by atoms with Crippen molar-refractivity contribution in [1.29, 1.82) is 0 Å². The predicted molar refractivity (Wildman–Crippen MR) is 117 cm³/mol. The Balaban J connectivity index is 1.57. The van der Waals surface area contributed by atoms with Crippen LogP contribution in [0.1, 0.15) is 12.6 Å². The number of aromatic nitrogens is 3. The number of aryl methyl sites for hydroxylation is 1. The highest BCUT2D eigenvalue weighted by atomic mass is 32.2. The number of piperazine rings is 1. The maximum atomic E-state index is 11.9. The number of nitrogens with zero attached hydrogens (tertiary/aromatic N) is 5. The number of hydrogen-bond acceptors (Lipinski definition) is 7. The zero-order valence-corrected chi connectivity index (χ0v) is 17.6. The van der Waals surface area contributed by atoms with Crippen molar-refractivity contribution >= 4 is 21.5 Å². The molecule has 30 heavy (non-hydrogen) atoms. The molecule has 1 fully saturated rings. The molecule has 0 bridgehead atoms. The summed E-state index contributed by atoms with van der Waals surface area (Å²) in [7, 11) is -3.77. The lowest BCUT2D eigenvalue weighted by Crippen LogP contribution is -2.47. The molecule has 1 aromatic carbocycles. The Morgan fingerprint density at radius 3 is 2.30 bits per heavy atom. The predicted octanol–water partition coefficient (Wildman–Crippen LogP) is 2.08. The molecule has 156 valence electrons. The molecule has 0 amide bonds. The number of pyridine rings is 1. The van der Waals surface area contributed by atoms with Crippen LogP contribution in [0.2, 0.25) is 0 Å². The van der Waals surface area contributed by atoms with Gasteiger partial charge in [0.15, 0.2) is 5.82 Å². The van der Waals surface area contributed by atoms with E-state index in [9.17, 15) is 8.42 Å². The summed E-state index contributed by atoms with van der Waals surface area (Å²) in [6, 6.07) is 12.7. The van der Waals surface area contributed by atoms with Crippen molar-refractivity contribution in [2.24, 2.45) is 5.14 Å². The van der Waals surface area contributed by atoms with Crippen LogP contribution in [-0.2, 0) is 16.4 Å². The fraction of sp³-hybridized carbons (Fsp3) is 0.286. The van der Waals surface area contributed by atoms with Crippen molar-refractivity contribution in [1.82, 2.24) is 15.0 Å². The molecule has 1 saturated heterocycles. The van der Waals surface area contributed by atoms with Gasteiger partial charge in [0.1, 0.15) is 10.7 Å². The largest absolute Gasteiger partial charge is 0.367 e. The molecule has 1 aliphatic rings. The second kappa shape index (κ2) is 8.37. The lowest BCUT2D eigenvalue weighted by molar-refractivity contribution is 0.595. The number of nitrogens with two attached hydrogens (primary N) is 1. The molecule has 2 aromatic heterocycles. The minimum Gasteiger partial charge on any atom is -0.367 e. The summed E-state index contributed by atoms with van der Waals surface area (Å²) in [6.45, 7) is 4.85. The molecule has 0 aliphatic carbocycles. The lowest BCUT2D eigenvalue weighted by Gasteiger charge is -2.37. The van der Waals surface area contributed by atoms with Gasteiger partial charge in [0.05, 0.1) is 5.69 Å². The molecule has 4 rings (SSSR count). The molecule has 1 aliphatic heterocycles. The molecular weight excluding hydrogens is 400 g/mol. The molecule has 0 saturated carbocycles. The van der Waals surface area contributed by atoms with Crippen LogP contribution < -0.4 is 14.9 Å². The summed E-state index contributed by atoms with van der Waals surface area (Å²) in [6.07, 6.45) is 4.28. The first kappa shape index (κ1) is 20.2. The number of primary sulfonamides is 1. The number of rotatable bonds is 5. The van der Waals surface area contributed by atoms with Gasteiger partial charge in [-0.15, -0.1) is 0 Å². The van der Waals surface area contributed by atoms with Gasteiger partial charge in [-0.1, -0.05) is 19.1 Å². The van der Waals surface area contributed by atoms with E-state index < -0.39 is 10.0 Å². The Morgan fingerprint density at radius 2 is 1.63 bits per heavy atom. The van der Waals surface area contributed by atoms with E-state index in [-0.39, 0.29) is 4.90 Å². The van der Waals surface area contributed by atoms with E-state index in [0.717, 1.165) is 36.6 Å². The van der Waals surface area contributed by atoms with Gasteiger partial charge in [0.25, 0.3) is 0 Å². The van der Waals surface area contributed by atoms with E-state index in [1.165, 1.54) is 0 Å². The zero-order valence-electron chi connectivity index (χ0n) is 16.8. The maximum Gasteiger partial charge on any atom is 0.240 e. The number of para-hydroxylation sites is 1. The van der Waals surface area contributed by atoms with Crippen LogP contribution in [0.5, 0.6) is 0 Å². The van der Waals surface area contributed by atoms with Crippen LogP contribution in [0.4, 0.5) is 11.5 Å². The second-order valence-electron chi connectivity index (χ2n) is 7.12. The van der Waals surface area contributed by atoms with Gasteiger partial charge in [0.2, 0.25) is 10.0 Å². The van der Waals surface area contributed by atoms with Gasteiger partial charge in [-0.3, -0.25) is 4.98 Å². The third kappa shape index (κ3) is 4.27. The Labute approximate surface area is 176 Å². The summed E-state index contributed by atoms with van der Waals surface area (Å²) in [5.41, 5.74) is 2.56. The van der Waals surface area contributed by atoms with E-state index in [2.05, 4.69) is 26.7 Å². The fourth-order valence-corrected chi connectivity index (χ4v) is 4.35. The van der Waals surface area contributed by atoms with Crippen LogP contribution in [0.25, 0.3) is 11.4 Å². The molecule has 0 unspecified atom stereocenters. The number of anilines is 2. The Hall–Kier alpha value is -3.04. The summed E-state index contributed by atoms with van der Waals surface area (Å²) >= 11 is 0. The third-order valence-electron chi connectivity index (χ3n) is 5.18. The van der Waals surface area contributed by atoms with Crippen molar-refractivity contribution in [3.8, 4) is 11.4 Å². The van der Waals surface area contributed by atoms with Crippen molar-refractivity contribution in [3.63, 3.8) is 0 Å². The van der Waals surface area contributed by atoms with E-state index in [0.29, 0.717) is 24.6 Å². The maximum absolute atomic E-state index is 11.9. The molecule has 0 atom stereocenters. The van der Waals surface area contributed by atoms with Gasteiger partial charge in [0, 0.05) is 55.9 Å². The standard InChI is InChI=1S/C21H24N6O2S/c1-2-17-15-20(25-21(24-17)16-7-9-23-10-8-16)27-13-11-26(12-14-27)18-5-3-4-6-19(18)30(22,28)29/h3-10,15H,2,11-14H2,1H3,(H2,22,28,29). The van der Waals surface area contributed by atoms with Crippen molar-refractivity contribution < 1.29 is 8.42 Å². The quantitative estimate of drug-likeness (QED) is 0.668. The molecule has 0 spiro atoms. The number of benzene rings is 1. The van der Waals surface area contributed by atoms with E-state index in [4.69, 9.17) is 10.1 Å². The molecule has 9 heteroatoms. The number of sulfonamides is 1. The Morgan fingerprint density at radius 1 is 0.967 bits per heavy atom. The summed E-state index contributed by atoms with van der Waals surface area (Å²) in [5, 5.41) is 5.40. The minimum absolute atomic E-state index is 0.161. The molecule has 3 aromatic rings. The normalized spacial score (nSPS) is 14.7. The van der Waals surface area contributed by atoms with Crippen LogP contribution in [-0.4, -0.2) is 49.5 Å². The number of hydrogen-bond donors (Lipinski definition) is 1. The summed E-state index contributed by atoms with van der Waals surface area (Å²) < 4.78 is 23.9. The molecule has 8 nitrogen and oxygen atoms in total. The average molecular weight is 425 g/mol. The van der Waals surface area contributed by atoms with Gasteiger partial charge in [-0.2, -0.15) is 0 Å². The van der Waals surface area contributed by atoms with Gasteiger partial charge < -0.3 is 9.80 Å². The molecular formula is C21H24N6O2S. The third-order valence-corrected chi connectivity index (χ3v) is 6.14. The smallest absolute Gasteiger partial charge is 0.240 e. The highest BCUT2D eigenvalue weighted by molar-refractivity contribution is 7.89. The Kier molecular flexibility index (Phi) is 5.65. The molecule has 2 N–H and O–H groups in total. The Bertz CT molecular complexity index is 1130. The van der Waals surface area contributed by atoms with E-state index in [1.807, 2.05) is 24.3 Å². The topological polar surface area (TPSA) is 105 Å². The first-order chi connectivity index (χ1) is 14.5. The van der Waals surface area contributed by atoms with Crippen molar-refractivity contribution in [3.05, 3.63) is 60.6 Å². The van der Waals surface area contributed by atoms with Crippen LogP contribution in [0.3, 0.4) is 0 Å². The van der Waals surface area contributed by atoms with Crippen LogP contribution in [0, 0.1) is 0 Å². The van der Waals surface area contributed by atoms with Gasteiger partial charge in [-0.05, 0) is 30.7 Å². The zero-order chi connectivity index (χ0) is 21.1. The first-order valence-electron chi connectivity index (χ1n) is 9.86. The molecule has 3 heterocycles. The minimum atomic E-state index is -3.77. The lowest BCUT2D eigenvalue weighted by atomic mass is 10.2. The van der Waals surface area contributed by atoms with Crippen LogP contribution in [0.15, 0.2) is 59.8 Å². The highest BCUT2D eigenvalue weighted by Crippen LogP contribution is 2.27. The van der Waals surface area contributed by atoms with Gasteiger partial charge >= 0.3 is 0 Å². The summed E-state index contributed by atoms with van der Waals surface area (Å²) in [4.78, 5) is 17.9. The summed E-state index contributed by atoms with van der Waals surface area (Å²) in [5.74, 6) is 1.57. The van der Waals surface area contributed by atoms with E-state index >= 15 is 0 Å². The van der Waals surface area contributed by atoms with Crippen molar-refractivity contribution in [2.75, 3.05) is 36.0 Å². The average Bonchev–Trinajstić information content (AvgIpc) is 2.79. The SMILES string of the molecule is CCc1cc(N2CCN(c3ccccc3S(N)(=O)=O)CC2)nc(-c2ccncc2)n1. The fourth-order valence-electron chi connectivity index (χ4n) is 3.59. The first-order valence-corrected chi connectivity index (χ1v) is 11.4. The second-order valence-corrected chi connectivity index (χ2v) is 8.65. The molecule has 0 radical (unpaired) electrons. The van der Waals surface area contributed by atoms with Gasteiger partial charge in [-0.25, -0.2) is 23.5 Å². The highest BCUT2D eigenvalue weighted by Gasteiger charge is 2.23. The van der Waals surface area contributed by atoms with Crippen LogP contribution >= 0.6 is 0 Å². The van der Waals surface area contributed by atoms with E-state index in [1.54, 1.807) is 30.6 Å².